The molecule has 0 unspecified atom stereocenters. The summed E-state index contributed by atoms with van der Waals surface area (Å²) in [6.07, 6.45) is 1.95. The number of hydrogen-bond donors (Lipinski definition) is 2. The van der Waals surface area contributed by atoms with E-state index in [1.54, 1.807) is 6.07 Å². The zero-order valence-electron chi connectivity index (χ0n) is 12.3. The summed E-state index contributed by atoms with van der Waals surface area (Å²) in [6.45, 7) is 10.0. The van der Waals surface area contributed by atoms with Crippen molar-refractivity contribution < 1.29 is 4.74 Å². The van der Waals surface area contributed by atoms with Crippen molar-refractivity contribution in [3.05, 3.63) is 11.9 Å². The maximum Gasteiger partial charge on any atom is 0.138 e. The number of aromatic nitrogens is 2. The summed E-state index contributed by atoms with van der Waals surface area (Å²) in [7, 11) is 0. The summed E-state index contributed by atoms with van der Waals surface area (Å²) >= 11 is 0. The second-order valence-corrected chi connectivity index (χ2v) is 6.55. The molecule has 0 radical (unpaired) electrons. The highest BCUT2D eigenvalue weighted by molar-refractivity contribution is 5.47. The number of nitrogens with zero attached hydrogens (tertiary/aromatic N) is 2. The van der Waals surface area contributed by atoms with E-state index >= 15 is 0 Å². The fourth-order valence-electron chi connectivity index (χ4n) is 2.12. The third kappa shape index (κ3) is 3.56. The molecule has 1 aliphatic heterocycles. The van der Waals surface area contributed by atoms with Crippen LogP contribution >= 0.6 is 0 Å². The van der Waals surface area contributed by atoms with Crippen molar-refractivity contribution in [1.29, 1.82) is 0 Å². The van der Waals surface area contributed by atoms with E-state index < -0.39 is 0 Å². The van der Waals surface area contributed by atoms with Gasteiger partial charge in [0.2, 0.25) is 0 Å². The first-order valence-electron chi connectivity index (χ1n) is 6.79. The zero-order valence-corrected chi connectivity index (χ0v) is 12.3. The lowest BCUT2D eigenvalue weighted by Crippen LogP contribution is -2.41. The van der Waals surface area contributed by atoms with Crippen LogP contribution in [0.1, 0.15) is 46.4 Å². The van der Waals surface area contributed by atoms with Crippen LogP contribution in [-0.2, 0) is 10.2 Å². The summed E-state index contributed by atoms with van der Waals surface area (Å²) in [5.74, 6) is 2.09. The topological polar surface area (TPSA) is 73.1 Å². The number of anilines is 2. The van der Waals surface area contributed by atoms with Crippen molar-refractivity contribution in [2.24, 2.45) is 0 Å². The molecule has 0 atom stereocenters. The summed E-state index contributed by atoms with van der Waals surface area (Å²) < 4.78 is 5.41. The molecular formula is C14H24N4O. The maximum atomic E-state index is 5.89. The molecule has 1 saturated heterocycles. The van der Waals surface area contributed by atoms with Crippen LogP contribution in [0.15, 0.2) is 6.07 Å². The molecule has 2 heterocycles. The number of nitrogen functional groups attached to an aromatic ring is 1. The standard InChI is InChI=1S/C14H24N4O/c1-13(2,3)12-16-10(15)9-11(17-12)18-14(4)5-7-19-8-6-14/h9H,5-8H2,1-4H3,(H3,15,16,17,18). The monoisotopic (exact) mass is 264 g/mol. The third-order valence-electron chi connectivity index (χ3n) is 3.44. The van der Waals surface area contributed by atoms with Crippen molar-refractivity contribution in [2.45, 2.75) is 51.5 Å². The van der Waals surface area contributed by atoms with Gasteiger partial charge in [0.1, 0.15) is 17.5 Å². The molecule has 5 heteroatoms. The Morgan fingerprint density at radius 2 is 1.89 bits per heavy atom. The lowest BCUT2D eigenvalue weighted by Gasteiger charge is -2.35. The van der Waals surface area contributed by atoms with Gasteiger partial charge in [0.15, 0.2) is 0 Å². The smallest absolute Gasteiger partial charge is 0.138 e. The van der Waals surface area contributed by atoms with E-state index in [1.165, 1.54) is 0 Å². The number of rotatable bonds is 2. The average Bonchev–Trinajstić information content (AvgIpc) is 2.27. The van der Waals surface area contributed by atoms with Crippen molar-refractivity contribution in [2.75, 3.05) is 24.3 Å². The summed E-state index contributed by atoms with van der Waals surface area (Å²) in [5.41, 5.74) is 5.80. The first-order valence-corrected chi connectivity index (χ1v) is 6.79. The van der Waals surface area contributed by atoms with E-state index in [-0.39, 0.29) is 11.0 Å². The van der Waals surface area contributed by atoms with Crippen molar-refractivity contribution in [1.82, 2.24) is 9.97 Å². The second kappa shape index (κ2) is 4.96. The van der Waals surface area contributed by atoms with Gasteiger partial charge in [0.05, 0.1) is 0 Å². The van der Waals surface area contributed by atoms with Crippen LogP contribution in [0.5, 0.6) is 0 Å². The predicted octanol–water partition coefficient (Wildman–Crippen LogP) is 2.34. The lowest BCUT2D eigenvalue weighted by molar-refractivity contribution is 0.0657. The highest BCUT2D eigenvalue weighted by atomic mass is 16.5. The first kappa shape index (κ1) is 14.1. The first-order chi connectivity index (χ1) is 8.78. The molecule has 0 saturated carbocycles. The minimum Gasteiger partial charge on any atom is -0.384 e. The van der Waals surface area contributed by atoms with Crippen molar-refractivity contribution in [3.8, 4) is 0 Å². The normalized spacial score (nSPS) is 19.2. The summed E-state index contributed by atoms with van der Waals surface area (Å²) in [5, 5.41) is 3.50. The molecule has 0 aliphatic carbocycles. The van der Waals surface area contributed by atoms with Crippen LogP contribution in [0.25, 0.3) is 0 Å². The Labute approximate surface area is 115 Å². The van der Waals surface area contributed by atoms with E-state index in [4.69, 9.17) is 10.5 Å². The number of hydrogen-bond acceptors (Lipinski definition) is 5. The Bertz CT molecular complexity index is 447. The Balaban J connectivity index is 2.22. The molecule has 106 valence electrons. The Kier molecular flexibility index (Phi) is 3.67. The quantitative estimate of drug-likeness (QED) is 0.857. The molecule has 0 aromatic carbocycles. The minimum absolute atomic E-state index is 0.0220. The van der Waals surface area contributed by atoms with E-state index in [1.807, 2.05) is 0 Å². The number of ether oxygens (including phenoxy) is 1. The molecule has 5 nitrogen and oxygen atoms in total. The Morgan fingerprint density at radius 1 is 1.26 bits per heavy atom. The highest BCUT2D eigenvalue weighted by Gasteiger charge is 2.28. The molecule has 2 rings (SSSR count). The molecule has 1 aromatic heterocycles. The predicted molar refractivity (Wildman–Crippen MR) is 77.2 cm³/mol. The maximum absolute atomic E-state index is 5.89. The second-order valence-electron chi connectivity index (χ2n) is 6.55. The van der Waals surface area contributed by atoms with E-state index in [2.05, 4.69) is 43.0 Å². The van der Waals surface area contributed by atoms with E-state index in [0.29, 0.717) is 5.82 Å². The van der Waals surface area contributed by atoms with Gasteiger partial charge in [-0.3, -0.25) is 0 Å². The SMILES string of the molecule is CC1(Nc2cc(N)nc(C(C)(C)C)n2)CCOCC1. The molecule has 0 amide bonds. The molecule has 0 bridgehead atoms. The Hall–Kier alpha value is -1.36. The van der Waals surface area contributed by atoms with Gasteiger partial charge in [-0.2, -0.15) is 0 Å². The molecule has 1 fully saturated rings. The van der Waals surface area contributed by atoms with Crippen LogP contribution in [0, 0.1) is 0 Å². The van der Waals surface area contributed by atoms with Gasteiger partial charge < -0.3 is 15.8 Å². The molecule has 1 aliphatic rings. The molecule has 19 heavy (non-hydrogen) atoms. The number of nitrogens with one attached hydrogen (secondary N) is 1. The number of nitrogens with two attached hydrogens (primary N) is 1. The average molecular weight is 264 g/mol. The van der Waals surface area contributed by atoms with Gasteiger partial charge >= 0.3 is 0 Å². The lowest BCUT2D eigenvalue weighted by atomic mass is 9.92. The third-order valence-corrected chi connectivity index (χ3v) is 3.44. The Morgan fingerprint density at radius 3 is 2.47 bits per heavy atom. The van der Waals surface area contributed by atoms with E-state index in [0.717, 1.165) is 37.7 Å². The molecular weight excluding hydrogens is 240 g/mol. The molecule has 3 N–H and O–H groups in total. The van der Waals surface area contributed by atoms with Crippen LogP contribution in [-0.4, -0.2) is 28.7 Å². The largest absolute Gasteiger partial charge is 0.384 e. The van der Waals surface area contributed by atoms with Crippen molar-refractivity contribution >= 4 is 11.6 Å². The van der Waals surface area contributed by atoms with Crippen LogP contribution < -0.4 is 11.1 Å². The fourth-order valence-corrected chi connectivity index (χ4v) is 2.12. The molecule has 1 aromatic rings. The minimum atomic E-state index is -0.109. The highest BCUT2D eigenvalue weighted by Crippen LogP contribution is 2.27. The zero-order chi connectivity index (χ0) is 14.1. The van der Waals surface area contributed by atoms with Crippen LogP contribution in [0.3, 0.4) is 0 Å². The van der Waals surface area contributed by atoms with Gasteiger partial charge in [-0.1, -0.05) is 20.8 Å². The van der Waals surface area contributed by atoms with Gasteiger partial charge in [-0.15, -0.1) is 0 Å². The van der Waals surface area contributed by atoms with Gasteiger partial charge in [-0.05, 0) is 19.8 Å². The van der Waals surface area contributed by atoms with E-state index in [9.17, 15) is 0 Å². The summed E-state index contributed by atoms with van der Waals surface area (Å²) in [4.78, 5) is 8.92. The summed E-state index contributed by atoms with van der Waals surface area (Å²) in [6, 6.07) is 1.80. The van der Waals surface area contributed by atoms with Crippen LogP contribution in [0.4, 0.5) is 11.6 Å². The van der Waals surface area contributed by atoms with Crippen molar-refractivity contribution in [3.63, 3.8) is 0 Å². The fraction of sp³-hybridized carbons (Fsp3) is 0.714. The molecule has 0 spiro atoms. The van der Waals surface area contributed by atoms with Gasteiger partial charge in [0.25, 0.3) is 0 Å². The van der Waals surface area contributed by atoms with Gasteiger partial charge in [-0.25, -0.2) is 9.97 Å². The van der Waals surface area contributed by atoms with Crippen LogP contribution in [0.2, 0.25) is 0 Å². The van der Waals surface area contributed by atoms with Gasteiger partial charge in [0, 0.05) is 30.2 Å².